The zero-order chi connectivity index (χ0) is 16.9. The van der Waals surface area contributed by atoms with Gasteiger partial charge in [0.1, 0.15) is 6.04 Å². The summed E-state index contributed by atoms with van der Waals surface area (Å²) in [5, 5.41) is 5.32. The van der Waals surface area contributed by atoms with E-state index < -0.39 is 0 Å². The van der Waals surface area contributed by atoms with Crippen molar-refractivity contribution in [2.45, 2.75) is 18.5 Å². The molecule has 5 N–H and O–H groups in total. The summed E-state index contributed by atoms with van der Waals surface area (Å²) in [6, 6.07) is 14.4. The van der Waals surface area contributed by atoms with Crippen molar-refractivity contribution < 1.29 is 10.3 Å². The Kier molecular flexibility index (Phi) is 6.92. The van der Waals surface area contributed by atoms with Crippen molar-refractivity contribution in [2.24, 2.45) is 5.10 Å². The molecule has 0 aliphatic carbocycles. The van der Waals surface area contributed by atoms with E-state index in [0.717, 1.165) is 11.1 Å². The molecule has 0 spiro atoms. The Morgan fingerprint density at radius 2 is 1.64 bits per heavy atom. The van der Waals surface area contributed by atoms with Crippen LogP contribution in [-0.4, -0.2) is 23.6 Å². The van der Waals surface area contributed by atoms with E-state index in [1.807, 2.05) is 36.4 Å². The van der Waals surface area contributed by atoms with Crippen LogP contribution in [0.15, 0.2) is 53.6 Å². The molecule has 0 aromatic heterocycles. The highest BCUT2D eigenvalue weighted by Gasteiger charge is 2.29. The molecule has 2 aromatic rings. The number of hydrogen-bond acceptors (Lipinski definition) is 4. The number of carbonyl (C=O) groups excluding carboxylic acids is 1. The molecule has 132 valence electrons. The first kappa shape index (κ1) is 19.4. The number of rotatable bonds is 4. The highest BCUT2D eigenvalue weighted by atomic mass is 35.5. The van der Waals surface area contributed by atoms with E-state index in [4.69, 9.17) is 23.2 Å². The first-order chi connectivity index (χ1) is 11.6. The Bertz CT molecular complexity index is 735. The van der Waals surface area contributed by atoms with E-state index in [1.54, 1.807) is 18.3 Å². The lowest BCUT2D eigenvalue weighted by Gasteiger charge is -2.09. The molecule has 1 saturated heterocycles. The molecule has 0 saturated carbocycles. The van der Waals surface area contributed by atoms with Crippen molar-refractivity contribution in [1.82, 2.24) is 16.3 Å². The summed E-state index contributed by atoms with van der Waals surface area (Å²) in [6.45, 7) is 0. The number of hydrogen-bond donors (Lipinski definition) is 3. The predicted octanol–water partition coefficient (Wildman–Crippen LogP) is 2.23. The Morgan fingerprint density at radius 3 is 2.28 bits per heavy atom. The van der Waals surface area contributed by atoms with Gasteiger partial charge in [0.25, 0.3) is 5.91 Å². The molecule has 6 nitrogen and oxygen atoms in total. The summed E-state index contributed by atoms with van der Waals surface area (Å²) in [7, 11) is 0. The minimum Gasteiger partial charge on any atom is -0.412 e. The minimum atomic E-state index is -0.354. The smallest absolute Gasteiger partial charge is 0.258 e. The molecule has 2 aromatic carbocycles. The zero-order valence-corrected chi connectivity index (χ0v) is 14.7. The van der Waals surface area contributed by atoms with E-state index in [-0.39, 0.29) is 23.5 Å². The number of hydrazone groups is 1. The molecular weight excluding hydrogens is 363 g/mol. The second-order valence-corrected chi connectivity index (χ2v) is 6.34. The van der Waals surface area contributed by atoms with Gasteiger partial charge < -0.3 is 5.48 Å². The third-order valence-electron chi connectivity index (χ3n) is 3.75. The van der Waals surface area contributed by atoms with Crippen LogP contribution in [0.4, 0.5) is 0 Å². The average Bonchev–Trinajstić information content (AvgIpc) is 3.07. The van der Waals surface area contributed by atoms with Crippen LogP contribution < -0.4 is 16.3 Å². The number of nitrogens with one attached hydrogen (secondary N) is 3. The molecule has 2 atom stereocenters. The first-order valence-corrected chi connectivity index (χ1v) is 8.22. The van der Waals surface area contributed by atoms with Crippen molar-refractivity contribution in [3.05, 3.63) is 69.7 Å². The normalized spacial score (nSPS) is 19.6. The van der Waals surface area contributed by atoms with Crippen LogP contribution in [0.25, 0.3) is 0 Å². The van der Waals surface area contributed by atoms with Gasteiger partial charge in [-0.1, -0.05) is 47.5 Å². The fourth-order valence-corrected chi connectivity index (χ4v) is 2.69. The zero-order valence-electron chi connectivity index (χ0n) is 13.2. The molecule has 1 amide bonds. The molecule has 3 rings (SSSR count). The summed E-state index contributed by atoms with van der Waals surface area (Å²) in [5.41, 5.74) is 10.6. The first-order valence-electron chi connectivity index (χ1n) is 7.47. The van der Waals surface area contributed by atoms with Gasteiger partial charge in [0.05, 0.1) is 6.21 Å². The van der Waals surface area contributed by atoms with Gasteiger partial charge in [0, 0.05) is 16.1 Å². The second-order valence-electron chi connectivity index (χ2n) is 5.47. The SMILES string of the molecule is O.O=C(N/N=C/c1ccc(Cl)cc1)C1CC(c2ccc(Cl)cc2)NN1. The van der Waals surface area contributed by atoms with Crippen molar-refractivity contribution in [1.29, 1.82) is 0 Å². The number of carbonyl (C=O) groups is 1. The van der Waals surface area contributed by atoms with Crippen LogP contribution >= 0.6 is 23.2 Å². The monoisotopic (exact) mass is 380 g/mol. The summed E-state index contributed by atoms with van der Waals surface area (Å²) in [4.78, 5) is 12.2. The van der Waals surface area contributed by atoms with E-state index in [0.29, 0.717) is 16.5 Å². The predicted molar refractivity (Wildman–Crippen MR) is 99.7 cm³/mol. The van der Waals surface area contributed by atoms with Crippen LogP contribution in [0, 0.1) is 0 Å². The molecule has 1 aliphatic heterocycles. The molecule has 2 unspecified atom stereocenters. The van der Waals surface area contributed by atoms with Crippen LogP contribution in [0.5, 0.6) is 0 Å². The molecule has 0 radical (unpaired) electrons. The molecule has 1 fully saturated rings. The van der Waals surface area contributed by atoms with Crippen LogP contribution in [-0.2, 0) is 4.79 Å². The van der Waals surface area contributed by atoms with Crippen molar-refractivity contribution in [3.8, 4) is 0 Å². The number of nitrogens with zero attached hydrogens (tertiary/aromatic N) is 1. The number of halogens is 2. The number of hydrazine groups is 1. The van der Waals surface area contributed by atoms with E-state index in [9.17, 15) is 4.79 Å². The Balaban J connectivity index is 0.00000225. The Hall–Kier alpha value is -1.96. The summed E-state index contributed by atoms with van der Waals surface area (Å²) in [6.07, 6.45) is 2.21. The maximum absolute atomic E-state index is 12.2. The van der Waals surface area contributed by atoms with Gasteiger partial charge in [0.2, 0.25) is 0 Å². The molecule has 1 aliphatic rings. The van der Waals surface area contributed by atoms with Crippen molar-refractivity contribution >= 4 is 35.3 Å². The number of benzene rings is 2. The third-order valence-corrected chi connectivity index (χ3v) is 4.25. The maximum Gasteiger partial charge on any atom is 0.258 e. The van der Waals surface area contributed by atoms with Crippen molar-refractivity contribution in [3.63, 3.8) is 0 Å². The quantitative estimate of drug-likeness (QED) is 0.560. The summed E-state index contributed by atoms with van der Waals surface area (Å²) >= 11 is 11.7. The standard InChI is InChI=1S/C17H16Cl2N4O.H2O/c18-13-5-1-11(2-6-13)10-20-23-17(24)16-9-15(21-22-16)12-3-7-14(19)8-4-12;/h1-8,10,15-16,21-22H,9H2,(H,23,24);1H2/b20-10+;. The average molecular weight is 381 g/mol. The Morgan fingerprint density at radius 1 is 1.04 bits per heavy atom. The van der Waals surface area contributed by atoms with Crippen LogP contribution in [0.2, 0.25) is 10.0 Å². The van der Waals surface area contributed by atoms with E-state index in [1.165, 1.54) is 0 Å². The Labute approximate surface area is 155 Å². The highest BCUT2D eigenvalue weighted by molar-refractivity contribution is 6.30. The lowest BCUT2D eigenvalue weighted by Crippen LogP contribution is -2.41. The van der Waals surface area contributed by atoms with Gasteiger partial charge >= 0.3 is 0 Å². The van der Waals surface area contributed by atoms with Crippen molar-refractivity contribution in [2.75, 3.05) is 0 Å². The van der Waals surface area contributed by atoms with Gasteiger partial charge in [-0.25, -0.2) is 16.3 Å². The van der Waals surface area contributed by atoms with Gasteiger partial charge in [-0.15, -0.1) is 0 Å². The molecular formula is C17H18Cl2N4O2. The lowest BCUT2D eigenvalue weighted by molar-refractivity contribution is -0.122. The van der Waals surface area contributed by atoms with Gasteiger partial charge in [0.15, 0.2) is 0 Å². The van der Waals surface area contributed by atoms with Crippen LogP contribution in [0.1, 0.15) is 23.6 Å². The molecule has 25 heavy (non-hydrogen) atoms. The van der Waals surface area contributed by atoms with E-state index in [2.05, 4.69) is 21.4 Å². The lowest BCUT2D eigenvalue weighted by atomic mass is 10.0. The fraction of sp³-hybridized carbons (Fsp3) is 0.176. The minimum absolute atomic E-state index is 0. The van der Waals surface area contributed by atoms with E-state index >= 15 is 0 Å². The largest absolute Gasteiger partial charge is 0.412 e. The highest BCUT2D eigenvalue weighted by Crippen LogP contribution is 2.23. The molecule has 1 heterocycles. The van der Waals surface area contributed by atoms with Gasteiger partial charge in [-0.05, 0) is 41.8 Å². The molecule has 0 bridgehead atoms. The number of amides is 1. The maximum atomic E-state index is 12.2. The second kappa shape index (κ2) is 8.94. The fourth-order valence-electron chi connectivity index (χ4n) is 2.44. The molecule has 8 heteroatoms. The topological polar surface area (TPSA) is 97.0 Å². The summed E-state index contributed by atoms with van der Waals surface area (Å²) < 4.78 is 0. The summed E-state index contributed by atoms with van der Waals surface area (Å²) in [5.74, 6) is -0.191. The van der Waals surface area contributed by atoms with Crippen LogP contribution in [0.3, 0.4) is 0 Å². The third kappa shape index (κ3) is 5.26. The van der Waals surface area contributed by atoms with Gasteiger partial charge in [-0.2, -0.15) is 5.10 Å². The van der Waals surface area contributed by atoms with Gasteiger partial charge in [-0.3, -0.25) is 4.79 Å².